The molecule has 1 aliphatic heterocycles. The van der Waals surface area contributed by atoms with E-state index < -0.39 is 0 Å². The van der Waals surface area contributed by atoms with Crippen molar-refractivity contribution in [2.45, 2.75) is 0 Å². The van der Waals surface area contributed by atoms with E-state index in [9.17, 15) is 0 Å². The van der Waals surface area contributed by atoms with Crippen molar-refractivity contribution >= 4 is 51.9 Å². The molecule has 132 valence electrons. The van der Waals surface area contributed by atoms with Gasteiger partial charge >= 0.3 is 0 Å². The Morgan fingerprint density at radius 2 is 1.72 bits per heavy atom. The average molecular weight is 396 g/mol. The third-order valence-corrected chi connectivity index (χ3v) is 5.10. The summed E-state index contributed by atoms with van der Waals surface area (Å²) in [6.07, 6.45) is 0. The molecule has 1 heterocycles. The number of hydrogen-bond acceptors (Lipinski definition) is 3. The highest BCUT2D eigenvalue weighted by Gasteiger charge is 2.19. The van der Waals surface area contributed by atoms with Gasteiger partial charge in [-0.05, 0) is 54.7 Å². The molecular formula is C18H19Cl2N3OS. The summed E-state index contributed by atoms with van der Waals surface area (Å²) in [4.78, 5) is 4.48. The molecule has 1 N–H and O–H groups in total. The van der Waals surface area contributed by atoms with Crippen molar-refractivity contribution in [3.63, 3.8) is 0 Å². The summed E-state index contributed by atoms with van der Waals surface area (Å²) in [5.74, 6) is 0.867. The van der Waals surface area contributed by atoms with Gasteiger partial charge in [-0.1, -0.05) is 23.2 Å². The third kappa shape index (κ3) is 4.48. The number of nitrogens with zero attached hydrogens (tertiary/aromatic N) is 2. The highest BCUT2D eigenvalue weighted by molar-refractivity contribution is 7.80. The quantitative estimate of drug-likeness (QED) is 0.771. The molecule has 0 aromatic heterocycles. The molecule has 0 saturated carbocycles. The van der Waals surface area contributed by atoms with Crippen molar-refractivity contribution in [1.82, 2.24) is 4.90 Å². The summed E-state index contributed by atoms with van der Waals surface area (Å²) in [6.45, 7) is 3.49. The lowest BCUT2D eigenvalue weighted by molar-refractivity contribution is 0.390. The second-order valence-corrected chi connectivity index (χ2v) is 6.96. The monoisotopic (exact) mass is 395 g/mol. The SMILES string of the molecule is COc1ccc(N2CCN(C(=S)Nc3cc(Cl)ccc3Cl)CC2)cc1. The maximum Gasteiger partial charge on any atom is 0.173 e. The van der Waals surface area contributed by atoms with Crippen LogP contribution in [0.4, 0.5) is 11.4 Å². The predicted octanol–water partition coefficient (Wildman–Crippen LogP) is 4.52. The lowest BCUT2D eigenvalue weighted by atomic mass is 10.2. The second kappa shape index (κ2) is 8.13. The van der Waals surface area contributed by atoms with Gasteiger partial charge in [0.1, 0.15) is 5.75 Å². The molecule has 0 amide bonds. The van der Waals surface area contributed by atoms with Gasteiger partial charge in [0.15, 0.2) is 5.11 Å². The first-order valence-electron chi connectivity index (χ1n) is 7.97. The van der Waals surface area contributed by atoms with Crippen LogP contribution in [0.1, 0.15) is 0 Å². The minimum Gasteiger partial charge on any atom is -0.497 e. The van der Waals surface area contributed by atoms with Crippen LogP contribution in [0.2, 0.25) is 10.0 Å². The number of rotatable bonds is 3. The standard InChI is InChI=1S/C18H19Cl2N3OS/c1-24-15-5-3-14(4-6-15)22-8-10-23(11-9-22)18(25)21-17-12-13(19)2-7-16(17)20/h2-7,12H,8-11H2,1H3,(H,21,25). The molecule has 1 saturated heterocycles. The van der Waals surface area contributed by atoms with Crippen LogP contribution in [0.15, 0.2) is 42.5 Å². The zero-order valence-corrected chi connectivity index (χ0v) is 16.2. The molecule has 3 rings (SSSR count). The topological polar surface area (TPSA) is 27.7 Å². The van der Waals surface area contributed by atoms with Crippen molar-refractivity contribution in [1.29, 1.82) is 0 Å². The molecule has 1 fully saturated rings. The van der Waals surface area contributed by atoms with Gasteiger partial charge in [0, 0.05) is 36.9 Å². The molecule has 0 unspecified atom stereocenters. The van der Waals surface area contributed by atoms with E-state index >= 15 is 0 Å². The van der Waals surface area contributed by atoms with Gasteiger partial charge in [-0.15, -0.1) is 0 Å². The molecule has 1 aliphatic rings. The molecule has 4 nitrogen and oxygen atoms in total. The predicted molar refractivity (Wildman–Crippen MR) is 109 cm³/mol. The molecule has 0 bridgehead atoms. The Morgan fingerprint density at radius 1 is 1.04 bits per heavy atom. The number of benzene rings is 2. The first kappa shape index (κ1) is 18.1. The molecule has 0 spiro atoms. The van der Waals surface area contributed by atoms with Crippen LogP contribution in [0.5, 0.6) is 5.75 Å². The molecule has 7 heteroatoms. The maximum atomic E-state index is 6.19. The number of thiocarbonyl (C=S) groups is 1. The summed E-state index contributed by atoms with van der Waals surface area (Å²) < 4.78 is 5.21. The fraction of sp³-hybridized carbons (Fsp3) is 0.278. The van der Waals surface area contributed by atoms with Crippen molar-refractivity contribution < 1.29 is 4.74 Å². The number of nitrogens with one attached hydrogen (secondary N) is 1. The van der Waals surface area contributed by atoms with Crippen LogP contribution in [0.3, 0.4) is 0 Å². The molecule has 2 aromatic rings. The Morgan fingerprint density at radius 3 is 2.36 bits per heavy atom. The highest BCUT2D eigenvalue weighted by Crippen LogP contribution is 2.26. The van der Waals surface area contributed by atoms with Gasteiger partial charge in [-0.2, -0.15) is 0 Å². The fourth-order valence-corrected chi connectivity index (χ4v) is 3.38. The lowest BCUT2D eigenvalue weighted by Crippen LogP contribution is -2.50. The lowest BCUT2D eigenvalue weighted by Gasteiger charge is -2.37. The summed E-state index contributed by atoms with van der Waals surface area (Å²) in [6, 6.07) is 13.4. The Balaban J connectivity index is 1.57. The van der Waals surface area contributed by atoms with Crippen LogP contribution in [-0.2, 0) is 0 Å². The first-order valence-corrected chi connectivity index (χ1v) is 9.13. The van der Waals surface area contributed by atoms with Crippen LogP contribution >= 0.6 is 35.4 Å². The average Bonchev–Trinajstić information content (AvgIpc) is 2.65. The third-order valence-electron chi connectivity index (χ3n) is 4.17. The summed E-state index contributed by atoms with van der Waals surface area (Å²) in [7, 11) is 1.67. The molecule has 0 aliphatic carbocycles. The largest absolute Gasteiger partial charge is 0.497 e. The van der Waals surface area contributed by atoms with Gasteiger partial charge < -0.3 is 19.9 Å². The minimum absolute atomic E-state index is 0.601. The molecular weight excluding hydrogens is 377 g/mol. The van der Waals surface area contributed by atoms with Crippen LogP contribution in [0.25, 0.3) is 0 Å². The highest BCUT2D eigenvalue weighted by atomic mass is 35.5. The van der Waals surface area contributed by atoms with E-state index in [1.807, 2.05) is 12.1 Å². The molecule has 0 atom stereocenters. The van der Waals surface area contributed by atoms with Crippen molar-refractivity contribution in [3.05, 3.63) is 52.5 Å². The number of halogens is 2. The summed E-state index contributed by atoms with van der Waals surface area (Å²) in [5, 5.41) is 5.09. The Bertz CT molecular complexity index is 746. The summed E-state index contributed by atoms with van der Waals surface area (Å²) in [5.41, 5.74) is 1.92. The van der Waals surface area contributed by atoms with Gasteiger partial charge in [-0.25, -0.2) is 0 Å². The van der Waals surface area contributed by atoms with Crippen LogP contribution in [0, 0.1) is 0 Å². The molecule has 2 aromatic carbocycles. The fourth-order valence-electron chi connectivity index (χ4n) is 2.75. The van der Waals surface area contributed by atoms with E-state index in [0.29, 0.717) is 15.2 Å². The van der Waals surface area contributed by atoms with E-state index in [0.717, 1.165) is 37.6 Å². The smallest absolute Gasteiger partial charge is 0.173 e. The maximum absolute atomic E-state index is 6.19. The Hall–Kier alpha value is -1.69. The molecule has 0 radical (unpaired) electrons. The second-order valence-electron chi connectivity index (χ2n) is 5.73. The van der Waals surface area contributed by atoms with E-state index in [2.05, 4.69) is 27.2 Å². The number of anilines is 2. The van der Waals surface area contributed by atoms with Crippen LogP contribution < -0.4 is 15.0 Å². The van der Waals surface area contributed by atoms with E-state index in [4.69, 9.17) is 40.2 Å². The normalized spacial score (nSPS) is 14.4. The van der Waals surface area contributed by atoms with Gasteiger partial charge in [0.25, 0.3) is 0 Å². The van der Waals surface area contributed by atoms with Crippen molar-refractivity contribution in [2.75, 3.05) is 43.5 Å². The Labute approximate surface area is 163 Å². The zero-order chi connectivity index (χ0) is 17.8. The van der Waals surface area contributed by atoms with E-state index in [1.54, 1.807) is 25.3 Å². The number of ether oxygens (including phenoxy) is 1. The van der Waals surface area contributed by atoms with E-state index in [-0.39, 0.29) is 0 Å². The first-order chi connectivity index (χ1) is 12.1. The number of hydrogen-bond donors (Lipinski definition) is 1. The Kier molecular flexibility index (Phi) is 5.89. The van der Waals surface area contributed by atoms with Gasteiger partial charge in [0.05, 0.1) is 17.8 Å². The van der Waals surface area contributed by atoms with Gasteiger partial charge in [0.2, 0.25) is 0 Å². The van der Waals surface area contributed by atoms with E-state index in [1.165, 1.54) is 5.69 Å². The minimum atomic E-state index is 0.601. The van der Waals surface area contributed by atoms with Crippen LogP contribution in [-0.4, -0.2) is 43.3 Å². The number of methoxy groups -OCH3 is 1. The van der Waals surface area contributed by atoms with Crippen molar-refractivity contribution in [3.8, 4) is 5.75 Å². The molecule has 25 heavy (non-hydrogen) atoms. The van der Waals surface area contributed by atoms with Crippen molar-refractivity contribution in [2.24, 2.45) is 0 Å². The zero-order valence-electron chi connectivity index (χ0n) is 13.8. The number of piperazine rings is 1. The summed E-state index contributed by atoms with van der Waals surface area (Å²) >= 11 is 17.7. The van der Waals surface area contributed by atoms with Gasteiger partial charge in [-0.3, -0.25) is 0 Å².